The summed E-state index contributed by atoms with van der Waals surface area (Å²) < 4.78 is 0.819. The lowest BCUT2D eigenvalue weighted by atomic mass is 10.1. The standard InChI is InChI=1S/C12H14BrN3O/c1-8(15)2-5-12(17)16-11-6-10(13)4-3-9(11)7-14/h3-4,6,8H,2,5,15H2,1H3,(H,16,17). The number of carbonyl (C=O) groups is 1. The van der Waals surface area contributed by atoms with Crippen molar-refractivity contribution in [2.75, 3.05) is 5.32 Å². The Balaban J connectivity index is 2.71. The molecule has 90 valence electrons. The van der Waals surface area contributed by atoms with Crippen molar-refractivity contribution in [1.29, 1.82) is 5.26 Å². The molecular weight excluding hydrogens is 282 g/mol. The topological polar surface area (TPSA) is 78.9 Å². The zero-order valence-corrected chi connectivity index (χ0v) is 11.1. The third kappa shape index (κ3) is 4.55. The second-order valence-electron chi connectivity index (χ2n) is 3.87. The van der Waals surface area contributed by atoms with Gasteiger partial charge in [0.15, 0.2) is 0 Å². The van der Waals surface area contributed by atoms with E-state index in [4.69, 9.17) is 11.0 Å². The number of anilines is 1. The summed E-state index contributed by atoms with van der Waals surface area (Å²) >= 11 is 3.30. The smallest absolute Gasteiger partial charge is 0.224 e. The lowest BCUT2D eigenvalue weighted by Gasteiger charge is -2.08. The number of nitrogens with two attached hydrogens (primary N) is 1. The van der Waals surface area contributed by atoms with E-state index in [0.717, 1.165) is 4.47 Å². The first kappa shape index (κ1) is 13.7. The maximum atomic E-state index is 11.6. The highest BCUT2D eigenvalue weighted by atomic mass is 79.9. The minimum absolute atomic E-state index is 0.00121. The van der Waals surface area contributed by atoms with Crippen molar-refractivity contribution in [3.8, 4) is 6.07 Å². The van der Waals surface area contributed by atoms with Crippen molar-refractivity contribution >= 4 is 27.5 Å². The van der Waals surface area contributed by atoms with Gasteiger partial charge in [-0.2, -0.15) is 5.26 Å². The average molecular weight is 296 g/mol. The number of nitrogens with zero attached hydrogens (tertiary/aromatic N) is 1. The Labute approximate surface area is 109 Å². The lowest BCUT2D eigenvalue weighted by Crippen LogP contribution is -2.19. The van der Waals surface area contributed by atoms with Gasteiger partial charge < -0.3 is 11.1 Å². The van der Waals surface area contributed by atoms with Gasteiger partial charge in [0.25, 0.3) is 0 Å². The summed E-state index contributed by atoms with van der Waals surface area (Å²) in [7, 11) is 0. The number of hydrogen-bond donors (Lipinski definition) is 2. The second kappa shape index (κ2) is 6.38. The predicted molar refractivity (Wildman–Crippen MR) is 70.4 cm³/mol. The van der Waals surface area contributed by atoms with E-state index in [2.05, 4.69) is 21.2 Å². The molecule has 5 heteroatoms. The van der Waals surface area contributed by atoms with E-state index in [-0.39, 0.29) is 11.9 Å². The predicted octanol–water partition coefficient (Wildman–Crippen LogP) is 2.39. The van der Waals surface area contributed by atoms with Crippen LogP contribution in [0.5, 0.6) is 0 Å². The second-order valence-corrected chi connectivity index (χ2v) is 4.78. The number of rotatable bonds is 4. The molecule has 0 aliphatic rings. The fourth-order valence-corrected chi connectivity index (χ4v) is 1.65. The Hall–Kier alpha value is -1.38. The van der Waals surface area contributed by atoms with Crippen molar-refractivity contribution in [1.82, 2.24) is 0 Å². The van der Waals surface area contributed by atoms with Crippen molar-refractivity contribution in [3.63, 3.8) is 0 Å². The van der Waals surface area contributed by atoms with Crippen LogP contribution in [0, 0.1) is 11.3 Å². The molecule has 1 aromatic rings. The molecule has 1 aromatic carbocycles. The Morgan fingerprint density at radius 1 is 1.65 bits per heavy atom. The highest BCUT2D eigenvalue weighted by Gasteiger charge is 2.08. The number of amides is 1. The maximum Gasteiger partial charge on any atom is 0.224 e. The van der Waals surface area contributed by atoms with Gasteiger partial charge in [-0.25, -0.2) is 0 Å². The molecule has 0 aliphatic heterocycles. The normalized spacial score (nSPS) is 11.6. The van der Waals surface area contributed by atoms with Crippen LogP contribution in [-0.4, -0.2) is 11.9 Å². The molecule has 0 aromatic heterocycles. The van der Waals surface area contributed by atoms with Crippen LogP contribution in [0.2, 0.25) is 0 Å². The van der Waals surface area contributed by atoms with E-state index in [1.165, 1.54) is 0 Å². The molecule has 0 heterocycles. The highest BCUT2D eigenvalue weighted by molar-refractivity contribution is 9.10. The molecule has 0 fully saturated rings. The fourth-order valence-electron chi connectivity index (χ4n) is 1.29. The number of nitrogens with one attached hydrogen (secondary N) is 1. The molecule has 0 aliphatic carbocycles. The van der Waals surface area contributed by atoms with Crippen LogP contribution in [0.25, 0.3) is 0 Å². The molecule has 1 unspecified atom stereocenters. The first-order valence-electron chi connectivity index (χ1n) is 5.28. The van der Waals surface area contributed by atoms with E-state index >= 15 is 0 Å². The van der Waals surface area contributed by atoms with Crippen molar-refractivity contribution in [2.45, 2.75) is 25.8 Å². The Kier molecular flexibility index (Phi) is 5.13. The van der Waals surface area contributed by atoms with E-state index < -0.39 is 0 Å². The van der Waals surface area contributed by atoms with E-state index in [1.54, 1.807) is 18.2 Å². The minimum Gasteiger partial charge on any atom is -0.328 e. The molecule has 1 rings (SSSR count). The van der Waals surface area contributed by atoms with Crippen LogP contribution in [0.15, 0.2) is 22.7 Å². The van der Waals surface area contributed by atoms with E-state index in [9.17, 15) is 4.79 Å². The molecular formula is C12H14BrN3O. The summed E-state index contributed by atoms with van der Waals surface area (Å²) in [5, 5.41) is 11.6. The lowest BCUT2D eigenvalue weighted by molar-refractivity contribution is -0.116. The number of nitriles is 1. The van der Waals surface area contributed by atoms with Gasteiger partial charge in [0, 0.05) is 16.9 Å². The van der Waals surface area contributed by atoms with Gasteiger partial charge in [-0.1, -0.05) is 15.9 Å². The summed E-state index contributed by atoms with van der Waals surface area (Å²) in [5.41, 5.74) is 6.55. The molecule has 1 atom stereocenters. The summed E-state index contributed by atoms with van der Waals surface area (Å²) in [4.78, 5) is 11.6. The summed E-state index contributed by atoms with van der Waals surface area (Å²) in [5.74, 6) is -0.128. The van der Waals surface area contributed by atoms with Gasteiger partial charge in [-0.15, -0.1) is 0 Å². The zero-order chi connectivity index (χ0) is 12.8. The number of halogens is 1. The Morgan fingerprint density at radius 2 is 2.35 bits per heavy atom. The van der Waals surface area contributed by atoms with Gasteiger partial charge in [0.2, 0.25) is 5.91 Å². The number of carbonyl (C=O) groups excluding carboxylic acids is 1. The number of hydrogen-bond acceptors (Lipinski definition) is 3. The summed E-state index contributed by atoms with van der Waals surface area (Å²) in [6.07, 6.45) is 0.983. The van der Waals surface area contributed by atoms with Crippen LogP contribution in [0.4, 0.5) is 5.69 Å². The molecule has 1 amide bonds. The van der Waals surface area contributed by atoms with Gasteiger partial charge in [-0.3, -0.25) is 4.79 Å². The largest absolute Gasteiger partial charge is 0.328 e. The van der Waals surface area contributed by atoms with Crippen LogP contribution in [-0.2, 0) is 4.79 Å². The highest BCUT2D eigenvalue weighted by Crippen LogP contribution is 2.21. The van der Waals surface area contributed by atoms with E-state index in [1.807, 2.05) is 13.0 Å². The first-order chi connectivity index (χ1) is 8.02. The quantitative estimate of drug-likeness (QED) is 0.895. The van der Waals surface area contributed by atoms with Gasteiger partial charge in [0.1, 0.15) is 6.07 Å². The Bertz CT molecular complexity index is 452. The molecule has 0 radical (unpaired) electrons. The van der Waals surface area contributed by atoms with Crippen molar-refractivity contribution in [2.24, 2.45) is 5.73 Å². The first-order valence-corrected chi connectivity index (χ1v) is 6.07. The summed E-state index contributed by atoms with van der Waals surface area (Å²) in [6.45, 7) is 1.85. The monoisotopic (exact) mass is 295 g/mol. The average Bonchev–Trinajstić information content (AvgIpc) is 2.27. The van der Waals surface area contributed by atoms with Crippen LogP contribution in [0.1, 0.15) is 25.3 Å². The molecule has 17 heavy (non-hydrogen) atoms. The van der Waals surface area contributed by atoms with Crippen LogP contribution >= 0.6 is 15.9 Å². The third-order valence-electron chi connectivity index (χ3n) is 2.20. The van der Waals surface area contributed by atoms with Crippen LogP contribution in [0.3, 0.4) is 0 Å². The zero-order valence-electron chi connectivity index (χ0n) is 9.53. The van der Waals surface area contributed by atoms with Crippen LogP contribution < -0.4 is 11.1 Å². The van der Waals surface area contributed by atoms with Crippen molar-refractivity contribution in [3.05, 3.63) is 28.2 Å². The minimum atomic E-state index is -0.128. The maximum absolute atomic E-state index is 11.6. The molecule has 4 nitrogen and oxygen atoms in total. The SMILES string of the molecule is CC(N)CCC(=O)Nc1cc(Br)ccc1C#N. The van der Waals surface area contributed by atoms with E-state index in [0.29, 0.717) is 24.1 Å². The third-order valence-corrected chi connectivity index (χ3v) is 2.70. The van der Waals surface area contributed by atoms with Gasteiger partial charge in [0.05, 0.1) is 11.3 Å². The fraction of sp³-hybridized carbons (Fsp3) is 0.333. The van der Waals surface area contributed by atoms with Gasteiger partial charge in [-0.05, 0) is 31.5 Å². The molecule has 0 bridgehead atoms. The number of benzene rings is 1. The summed E-state index contributed by atoms with van der Waals surface area (Å²) in [6, 6.07) is 7.16. The molecule has 0 saturated carbocycles. The van der Waals surface area contributed by atoms with Gasteiger partial charge >= 0.3 is 0 Å². The molecule has 0 saturated heterocycles. The molecule has 3 N–H and O–H groups in total. The van der Waals surface area contributed by atoms with Crippen molar-refractivity contribution < 1.29 is 4.79 Å². The molecule has 0 spiro atoms. The Morgan fingerprint density at radius 3 is 2.94 bits per heavy atom.